The number of hydrogen-bond acceptors (Lipinski definition) is 0. The molecule has 18 heavy (non-hydrogen) atoms. The van der Waals surface area contributed by atoms with Crippen molar-refractivity contribution in [3.8, 4) is 0 Å². The zero-order valence-corrected chi connectivity index (χ0v) is 12.8. The van der Waals surface area contributed by atoms with Crippen LogP contribution >= 0.6 is 8.58 Å². The van der Waals surface area contributed by atoms with Crippen molar-refractivity contribution in [2.24, 2.45) is 0 Å². The smallest absolute Gasteiger partial charge is 0.00816 e. The molecule has 0 aromatic heterocycles. The van der Waals surface area contributed by atoms with E-state index < -0.39 is 0 Å². The molecule has 1 aromatic rings. The Hall–Kier alpha value is -0.350. The fourth-order valence-electron chi connectivity index (χ4n) is 3.21. The molecule has 0 radical (unpaired) electrons. The molecule has 1 saturated carbocycles. The minimum atomic E-state index is 0.661. The lowest BCUT2D eigenvalue weighted by molar-refractivity contribution is 0.365. The van der Waals surface area contributed by atoms with E-state index in [-0.39, 0.29) is 0 Å². The number of benzene rings is 1. The quantitative estimate of drug-likeness (QED) is 0.483. The van der Waals surface area contributed by atoms with Gasteiger partial charge in [-0.1, -0.05) is 84.4 Å². The molecule has 1 heteroatoms. The van der Waals surface area contributed by atoms with Crippen LogP contribution in [0.5, 0.6) is 0 Å². The van der Waals surface area contributed by atoms with E-state index >= 15 is 0 Å². The van der Waals surface area contributed by atoms with Crippen LogP contribution < -0.4 is 5.30 Å². The Balaban J connectivity index is 1.99. The van der Waals surface area contributed by atoms with Gasteiger partial charge >= 0.3 is 0 Å². The van der Waals surface area contributed by atoms with E-state index in [1.54, 1.807) is 5.30 Å². The molecule has 1 atom stereocenters. The van der Waals surface area contributed by atoms with Crippen LogP contribution in [0.15, 0.2) is 30.3 Å². The predicted octanol–water partition coefficient (Wildman–Crippen LogP) is 5.27. The van der Waals surface area contributed by atoms with Crippen LogP contribution in [0, 0.1) is 0 Å². The standard InChI is InChI=1S/C17H27P/c1-2-3-8-13-17(14-9-5-10-15-17)18-16-11-6-4-7-12-16/h4,6-7,11-12,18H,2-3,5,8-10,13-15H2,1H3. The van der Waals surface area contributed by atoms with Crippen LogP contribution in [0.3, 0.4) is 0 Å². The maximum atomic E-state index is 2.33. The van der Waals surface area contributed by atoms with E-state index in [0.717, 1.165) is 8.58 Å². The van der Waals surface area contributed by atoms with Crippen molar-refractivity contribution < 1.29 is 0 Å². The third-order valence-corrected chi connectivity index (χ3v) is 6.16. The summed E-state index contributed by atoms with van der Waals surface area (Å²) in [5, 5.41) is 2.24. The number of rotatable bonds is 6. The van der Waals surface area contributed by atoms with E-state index in [9.17, 15) is 0 Å². The van der Waals surface area contributed by atoms with Crippen molar-refractivity contribution >= 4 is 13.9 Å². The summed E-state index contributed by atoms with van der Waals surface area (Å²) in [6.07, 6.45) is 13.0. The molecule has 0 amide bonds. The van der Waals surface area contributed by atoms with Crippen LogP contribution in [0.1, 0.15) is 64.7 Å². The zero-order valence-electron chi connectivity index (χ0n) is 11.8. The van der Waals surface area contributed by atoms with Crippen molar-refractivity contribution in [2.45, 2.75) is 69.9 Å². The van der Waals surface area contributed by atoms with Crippen molar-refractivity contribution in [1.29, 1.82) is 0 Å². The Labute approximate surface area is 114 Å². The molecule has 0 heterocycles. The zero-order chi connectivity index (χ0) is 12.7. The molecule has 2 rings (SSSR count). The molecule has 0 nitrogen and oxygen atoms in total. The monoisotopic (exact) mass is 262 g/mol. The van der Waals surface area contributed by atoms with Gasteiger partial charge in [-0.25, -0.2) is 0 Å². The van der Waals surface area contributed by atoms with Crippen molar-refractivity contribution in [2.75, 3.05) is 0 Å². The second-order valence-electron chi connectivity index (χ2n) is 5.79. The van der Waals surface area contributed by atoms with Gasteiger partial charge in [0.25, 0.3) is 0 Å². The van der Waals surface area contributed by atoms with Gasteiger partial charge < -0.3 is 0 Å². The Morgan fingerprint density at radius 2 is 1.72 bits per heavy atom. The summed E-state index contributed by atoms with van der Waals surface area (Å²) < 4.78 is 0. The van der Waals surface area contributed by atoms with Crippen molar-refractivity contribution in [3.05, 3.63) is 30.3 Å². The number of hydrogen-bond donors (Lipinski definition) is 0. The largest absolute Gasteiger partial charge is 0.0840 e. The van der Waals surface area contributed by atoms with E-state index in [0.29, 0.717) is 5.16 Å². The molecule has 0 saturated heterocycles. The lowest BCUT2D eigenvalue weighted by atomic mass is 9.84. The minimum absolute atomic E-state index is 0.661. The normalized spacial score (nSPS) is 19.4. The van der Waals surface area contributed by atoms with E-state index in [2.05, 4.69) is 37.3 Å². The minimum Gasteiger partial charge on any atom is -0.0840 e. The Morgan fingerprint density at radius 1 is 1.00 bits per heavy atom. The van der Waals surface area contributed by atoms with Crippen molar-refractivity contribution in [1.82, 2.24) is 0 Å². The summed E-state index contributed by atoms with van der Waals surface area (Å²) in [4.78, 5) is 0. The Kier molecular flexibility index (Phi) is 5.70. The van der Waals surface area contributed by atoms with Crippen LogP contribution in [-0.2, 0) is 0 Å². The Bertz CT molecular complexity index is 325. The molecule has 0 bridgehead atoms. The highest BCUT2D eigenvalue weighted by molar-refractivity contribution is 7.49. The van der Waals surface area contributed by atoms with Gasteiger partial charge in [0.05, 0.1) is 0 Å². The topological polar surface area (TPSA) is 0 Å². The van der Waals surface area contributed by atoms with Gasteiger partial charge in [0, 0.05) is 0 Å². The first-order valence-corrected chi connectivity index (χ1v) is 8.68. The summed E-state index contributed by atoms with van der Waals surface area (Å²) in [6, 6.07) is 11.2. The lowest BCUT2D eigenvalue weighted by Crippen LogP contribution is -2.28. The predicted molar refractivity (Wildman–Crippen MR) is 84.3 cm³/mol. The van der Waals surface area contributed by atoms with Crippen molar-refractivity contribution in [3.63, 3.8) is 0 Å². The van der Waals surface area contributed by atoms with Gasteiger partial charge in [-0.2, -0.15) is 0 Å². The molecule has 0 spiro atoms. The maximum Gasteiger partial charge on any atom is -0.00816 e. The molecular weight excluding hydrogens is 235 g/mol. The molecule has 1 aliphatic rings. The highest BCUT2D eigenvalue weighted by Gasteiger charge is 2.31. The highest BCUT2D eigenvalue weighted by atomic mass is 31.1. The van der Waals surface area contributed by atoms with Gasteiger partial charge in [-0.15, -0.1) is 0 Å². The fourth-order valence-corrected chi connectivity index (χ4v) is 5.08. The van der Waals surface area contributed by atoms with Gasteiger partial charge in [0.15, 0.2) is 0 Å². The van der Waals surface area contributed by atoms with Gasteiger partial charge in [-0.05, 0) is 29.7 Å². The molecule has 0 aliphatic heterocycles. The molecule has 1 aliphatic carbocycles. The second kappa shape index (κ2) is 7.29. The third kappa shape index (κ3) is 4.09. The fraction of sp³-hybridized carbons (Fsp3) is 0.647. The van der Waals surface area contributed by atoms with Crippen LogP contribution in [0.2, 0.25) is 0 Å². The summed E-state index contributed by atoms with van der Waals surface area (Å²) in [6.45, 7) is 2.31. The van der Waals surface area contributed by atoms with Crippen LogP contribution in [0.25, 0.3) is 0 Å². The molecule has 1 aromatic carbocycles. The van der Waals surface area contributed by atoms with Crippen LogP contribution in [-0.4, -0.2) is 5.16 Å². The van der Waals surface area contributed by atoms with Gasteiger partial charge in [0.2, 0.25) is 0 Å². The first-order chi connectivity index (χ1) is 8.85. The average Bonchev–Trinajstić information content (AvgIpc) is 2.41. The van der Waals surface area contributed by atoms with Crippen LogP contribution in [0.4, 0.5) is 0 Å². The summed E-state index contributed by atoms with van der Waals surface area (Å²) in [5.41, 5.74) is 0. The SMILES string of the molecule is CCCCCC1(Pc2ccccc2)CCCCC1. The highest BCUT2D eigenvalue weighted by Crippen LogP contribution is 2.47. The molecule has 0 N–H and O–H groups in total. The van der Waals surface area contributed by atoms with Gasteiger partial charge in [0.1, 0.15) is 0 Å². The molecule has 100 valence electrons. The second-order valence-corrected chi connectivity index (χ2v) is 7.68. The summed E-state index contributed by atoms with van der Waals surface area (Å²) in [5.74, 6) is 0. The summed E-state index contributed by atoms with van der Waals surface area (Å²) in [7, 11) is 1.04. The molecule has 1 fully saturated rings. The van der Waals surface area contributed by atoms with E-state index in [4.69, 9.17) is 0 Å². The summed E-state index contributed by atoms with van der Waals surface area (Å²) >= 11 is 0. The first kappa shape index (κ1) is 14.1. The lowest BCUT2D eigenvalue weighted by Gasteiger charge is -2.38. The van der Waals surface area contributed by atoms with Gasteiger partial charge in [-0.3, -0.25) is 0 Å². The first-order valence-electron chi connectivity index (χ1n) is 7.68. The maximum absolute atomic E-state index is 2.33. The average molecular weight is 262 g/mol. The molecule has 1 unspecified atom stereocenters. The van der Waals surface area contributed by atoms with E-state index in [1.807, 2.05) is 0 Å². The van der Waals surface area contributed by atoms with E-state index in [1.165, 1.54) is 57.8 Å². The third-order valence-electron chi connectivity index (χ3n) is 4.25. The Morgan fingerprint density at radius 3 is 2.39 bits per heavy atom. The molecular formula is C17H27P. The number of unbranched alkanes of at least 4 members (excludes halogenated alkanes) is 2.